The van der Waals surface area contributed by atoms with Gasteiger partial charge in [-0.2, -0.15) is 0 Å². The number of carbonyl (C=O) groups is 1. The largest absolute Gasteiger partial charge is 0.497 e. The quantitative estimate of drug-likeness (QED) is 0.754. The van der Waals surface area contributed by atoms with Crippen LogP contribution in [0.3, 0.4) is 0 Å². The molecule has 2 aromatic carbocycles. The maximum Gasteiger partial charge on any atom is 0.231 e. The average molecular weight is 385 g/mol. The number of aryl methyl sites for hydroxylation is 1. The van der Waals surface area contributed by atoms with E-state index in [9.17, 15) is 4.79 Å². The van der Waals surface area contributed by atoms with Crippen LogP contribution >= 0.6 is 0 Å². The summed E-state index contributed by atoms with van der Waals surface area (Å²) in [6.07, 6.45) is 0.956. The van der Waals surface area contributed by atoms with Crippen molar-refractivity contribution in [3.8, 4) is 23.0 Å². The minimum atomic E-state index is -0.232. The van der Waals surface area contributed by atoms with E-state index in [4.69, 9.17) is 18.9 Å². The molecule has 0 aromatic heterocycles. The first kappa shape index (κ1) is 19.9. The van der Waals surface area contributed by atoms with Gasteiger partial charge in [0.25, 0.3) is 0 Å². The van der Waals surface area contributed by atoms with Crippen LogP contribution in [-0.4, -0.2) is 33.5 Å². The Labute approximate surface area is 165 Å². The molecule has 2 aromatic rings. The summed E-state index contributed by atoms with van der Waals surface area (Å²) in [5.74, 6) is 3.02. The molecule has 0 atom stereocenters. The average Bonchev–Trinajstić information content (AvgIpc) is 3.18. The summed E-state index contributed by atoms with van der Waals surface area (Å²) < 4.78 is 21.5. The molecule has 1 aliphatic heterocycles. The lowest BCUT2D eigenvalue weighted by atomic mass is 9.84. The number of amides is 1. The van der Waals surface area contributed by atoms with Crippen molar-refractivity contribution in [1.29, 1.82) is 0 Å². The van der Waals surface area contributed by atoms with Crippen LogP contribution in [0.1, 0.15) is 31.4 Å². The smallest absolute Gasteiger partial charge is 0.231 e. The van der Waals surface area contributed by atoms with E-state index in [1.807, 2.05) is 36.4 Å². The monoisotopic (exact) mass is 385 g/mol. The van der Waals surface area contributed by atoms with Gasteiger partial charge in [-0.15, -0.1) is 0 Å². The molecule has 0 bridgehead atoms. The lowest BCUT2D eigenvalue weighted by Crippen LogP contribution is -2.36. The Morgan fingerprint density at radius 3 is 2.61 bits per heavy atom. The van der Waals surface area contributed by atoms with E-state index in [1.54, 1.807) is 14.2 Å². The zero-order valence-corrected chi connectivity index (χ0v) is 16.8. The Kier molecular flexibility index (Phi) is 5.97. The molecule has 1 heterocycles. The van der Waals surface area contributed by atoms with Gasteiger partial charge < -0.3 is 24.3 Å². The van der Waals surface area contributed by atoms with Gasteiger partial charge in [-0.1, -0.05) is 19.9 Å². The third kappa shape index (κ3) is 4.50. The van der Waals surface area contributed by atoms with Crippen LogP contribution in [0, 0.1) is 0 Å². The molecule has 0 saturated carbocycles. The van der Waals surface area contributed by atoms with Crippen LogP contribution in [0.25, 0.3) is 0 Å². The molecule has 0 spiro atoms. The molecule has 0 fully saturated rings. The Balaban J connectivity index is 1.56. The lowest BCUT2D eigenvalue weighted by Gasteiger charge is -2.26. The van der Waals surface area contributed by atoms with Crippen molar-refractivity contribution in [3.05, 3.63) is 47.5 Å². The van der Waals surface area contributed by atoms with E-state index in [2.05, 4.69) is 19.2 Å². The van der Waals surface area contributed by atoms with Crippen molar-refractivity contribution >= 4 is 5.91 Å². The zero-order valence-electron chi connectivity index (χ0n) is 16.8. The molecule has 0 aliphatic carbocycles. The maximum atomic E-state index is 12.4. The number of methoxy groups -OCH3 is 2. The van der Waals surface area contributed by atoms with Gasteiger partial charge in [-0.05, 0) is 47.9 Å². The Morgan fingerprint density at radius 1 is 1.07 bits per heavy atom. The Hall–Kier alpha value is -2.89. The molecule has 150 valence electrons. The Morgan fingerprint density at radius 2 is 1.86 bits per heavy atom. The molecule has 0 radical (unpaired) electrons. The van der Waals surface area contributed by atoms with Crippen LogP contribution in [0.15, 0.2) is 36.4 Å². The topological polar surface area (TPSA) is 66.0 Å². The van der Waals surface area contributed by atoms with Crippen LogP contribution in [0.4, 0.5) is 0 Å². The third-order valence-electron chi connectivity index (χ3n) is 4.99. The van der Waals surface area contributed by atoms with Gasteiger partial charge in [0.1, 0.15) is 11.5 Å². The second-order valence-corrected chi connectivity index (χ2v) is 7.41. The molecule has 6 nitrogen and oxygen atoms in total. The first-order valence-electron chi connectivity index (χ1n) is 9.30. The number of fused-ring (bicyclic) bond motifs is 1. The van der Waals surface area contributed by atoms with E-state index in [0.717, 1.165) is 34.1 Å². The molecule has 0 unspecified atom stereocenters. The number of benzene rings is 2. The summed E-state index contributed by atoms with van der Waals surface area (Å²) in [5.41, 5.74) is 1.81. The lowest BCUT2D eigenvalue weighted by molar-refractivity contribution is -0.121. The second kappa shape index (κ2) is 8.42. The summed E-state index contributed by atoms with van der Waals surface area (Å²) >= 11 is 0. The number of hydrogen-bond donors (Lipinski definition) is 1. The summed E-state index contributed by atoms with van der Waals surface area (Å²) in [5, 5.41) is 3.04. The van der Waals surface area contributed by atoms with E-state index in [-0.39, 0.29) is 18.1 Å². The first-order valence-corrected chi connectivity index (χ1v) is 9.30. The van der Waals surface area contributed by atoms with E-state index in [1.165, 1.54) is 0 Å². The summed E-state index contributed by atoms with van der Waals surface area (Å²) in [6.45, 7) is 4.97. The van der Waals surface area contributed by atoms with Crippen molar-refractivity contribution < 1.29 is 23.7 Å². The van der Waals surface area contributed by atoms with Gasteiger partial charge in [0.2, 0.25) is 12.7 Å². The van der Waals surface area contributed by atoms with Crippen molar-refractivity contribution in [2.45, 2.75) is 32.1 Å². The fraction of sp³-hybridized carbons (Fsp3) is 0.409. The SMILES string of the molecule is COc1ccc(OC)c(CCC(=O)NCC(C)(C)c2ccc3c(c2)OCO3)c1. The third-order valence-corrected chi connectivity index (χ3v) is 4.99. The highest BCUT2D eigenvalue weighted by Crippen LogP contribution is 2.36. The van der Waals surface area contributed by atoms with Gasteiger partial charge in [-0.25, -0.2) is 0 Å². The summed E-state index contributed by atoms with van der Waals surface area (Å²) in [6, 6.07) is 11.5. The molecule has 3 rings (SSSR count). The summed E-state index contributed by atoms with van der Waals surface area (Å²) in [7, 11) is 3.25. The Bertz CT molecular complexity index is 847. The fourth-order valence-corrected chi connectivity index (χ4v) is 3.15. The molecule has 6 heteroatoms. The highest BCUT2D eigenvalue weighted by Gasteiger charge is 2.24. The first-order chi connectivity index (χ1) is 13.4. The van der Waals surface area contributed by atoms with Crippen molar-refractivity contribution in [1.82, 2.24) is 5.32 Å². The predicted octanol–water partition coefficient (Wildman–Crippen LogP) is 3.46. The van der Waals surface area contributed by atoms with Gasteiger partial charge in [-0.3, -0.25) is 4.79 Å². The number of hydrogen-bond acceptors (Lipinski definition) is 5. The highest BCUT2D eigenvalue weighted by molar-refractivity contribution is 5.76. The highest BCUT2D eigenvalue weighted by atomic mass is 16.7. The van der Waals surface area contributed by atoms with Gasteiger partial charge in [0, 0.05) is 18.4 Å². The van der Waals surface area contributed by atoms with Crippen LogP contribution < -0.4 is 24.3 Å². The minimum absolute atomic E-state index is 0.00121. The van der Waals surface area contributed by atoms with E-state index in [0.29, 0.717) is 19.4 Å². The number of rotatable bonds is 8. The maximum absolute atomic E-state index is 12.4. The van der Waals surface area contributed by atoms with Gasteiger partial charge in [0.05, 0.1) is 14.2 Å². The minimum Gasteiger partial charge on any atom is -0.497 e. The van der Waals surface area contributed by atoms with Crippen LogP contribution in [-0.2, 0) is 16.6 Å². The standard InChI is InChI=1S/C22H27NO5/c1-22(2,16-6-8-19-20(12-16)28-14-27-19)13-23-21(24)10-5-15-11-17(25-3)7-9-18(15)26-4/h6-9,11-12H,5,10,13-14H2,1-4H3,(H,23,24). The molecule has 1 N–H and O–H groups in total. The van der Waals surface area contributed by atoms with Crippen molar-refractivity contribution in [2.75, 3.05) is 27.6 Å². The molecule has 1 aliphatic rings. The summed E-state index contributed by atoms with van der Waals surface area (Å²) in [4.78, 5) is 12.4. The molecule has 28 heavy (non-hydrogen) atoms. The fourth-order valence-electron chi connectivity index (χ4n) is 3.15. The van der Waals surface area contributed by atoms with Crippen LogP contribution in [0.2, 0.25) is 0 Å². The molecular weight excluding hydrogens is 358 g/mol. The normalized spacial score (nSPS) is 12.6. The van der Waals surface area contributed by atoms with Crippen molar-refractivity contribution in [3.63, 3.8) is 0 Å². The van der Waals surface area contributed by atoms with E-state index >= 15 is 0 Å². The second-order valence-electron chi connectivity index (χ2n) is 7.41. The predicted molar refractivity (Wildman–Crippen MR) is 106 cm³/mol. The van der Waals surface area contributed by atoms with E-state index < -0.39 is 0 Å². The van der Waals surface area contributed by atoms with Gasteiger partial charge in [0.15, 0.2) is 11.5 Å². The molecule has 1 amide bonds. The number of ether oxygens (including phenoxy) is 4. The zero-order chi connectivity index (χ0) is 20.1. The van der Waals surface area contributed by atoms with Crippen LogP contribution in [0.5, 0.6) is 23.0 Å². The number of nitrogens with one attached hydrogen (secondary N) is 1. The molecule has 0 saturated heterocycles. The van der Waals surface area contributed by atoms with Crippen molar-refractivity contribution in [2.24, 2.45) is 0 Å². The molecular formula is C22H27NO5. The number of carbonyl (C=O) groups excluding carboxylic acids is 1. The van der Waals surface area contributed by atoms with Gasteiger partial charge >= 0.3 is 0 Å².